The number of rotatable bonds is 6. The Morgan fingerprint density at radius 3 is 2.44 bits per heavy atom. The Hall–Kier alpha value is -2.58. The minimum absolute atomic E-state index is 0.0959. The molecule has 0 bridgehead atoms. The Bertz CT molecular complexity index is 1030. The molecule has 0 unspecified atom stereocenters. The van der Waals surface area contributed by atoms with Crippen LogP contribution < -0.4 is 9.47 Å². The molecule has 4 rings (SSSR count). The standard InChI is InChI=1S/C24H30N2O5S/c1-25(32(28,29)21-8-9-22-23(17-21)31-15-5-14-30-22)18-24(27)26-12-10-20(11-13-26)16-19-6-3-2-4-7-19/h2-4,6-9,17,20H,5,10-16,18H2,1H3. The van der Waals surface area contributed by atoms with Gasteiger partial charge in [-0.05, 0) is 42.9 Å². The molecule has 0 aliphatic carbocycles. The van der Waals surface area contributed by atoms with Gasteiger partial charge in [-0.1, -0.05) is 30.3 Å². The summed E-state index contributed by atoms with van der Waals surface area (Å²) < 4.78 is 38.4. The molecule has 0 N–H and O–H groups in total. The van der Waals surface area contributed by atoms with E-state index in [1.165, 1.54) is 24.7 Å². The lowest BCUT2D eigenvalue weighted by Crippen LogP contribution is -2.44. The molecule has 2 aromatic carbocycles. The molecule has 2 aliphatic heterocycles. The first kappa shape index (κ1) is 22.6. The number of likely N-dealkylation sites (N-methyl/N-ethyl adjacent to an activating group) is 1. The molecule has 172 valence electrons. The van der Waals surface area contributed by atoms with Crippen LogP contribution in [0.15, 0.2) is 53.4 Å². The lowest BCUT2D eigenvalue weighted by atomic mass is 9.90. The third kappa shape index (κ3) is 5.24. The first-order valence-electron chi connectivity index (χ1n) is 11.1. The van der Waals surface area contributed by atoms with Gasteiger partial charge in [0, 0.05) is 32.6 Å². The predicted molar refractivity (Wildman–Crippen MR) is 121 cm³/mol. The lowest BCUT2D eigenvalue weighted by molar-refractivity contribution is -0.132. The molecular formula is C24H30N2O5S. The number of benzene rings is 2. The minimum Gasteiger partial charge on any atom is -0.490 e. The van der Waals surface area contributed by atoms with Gasteiger partial charge in [-0.15, -0.1) is 0 Å². The molecule has 0 saturated carbocycles. The number of carbonyl (C=O) groups is 1. The zero-order chi connectivity index (χ0) is 22.6. The van der Waals surface area contributed by atoms with Crippen molar-refractivity contribution >= 4 is 15.9 Å². The summed E-state index contributed by atoms with van der Waals surface area (Å²) in [5.41, 5.74) is 1.32. The van der Waals surface area contributed by atoms with Crippen LogP contribution in [0.1, 0.15) is 24.8 Å². The van der Waals surface area contributed by atoms with Crippen LogP contribution in [0.5, 0.6) is 11.5 Å². The molecular weight excluding hydrogens is 428 g/mol. The third-order valence-corrected chi connectivity index (χ3v) is 7.92. The van der Waals surface area contributed by atoms with Gasteiger partial charge in [-0.25, -0.2) is 8.42 Å². The molecule has 8 heteroatoms. The summed E-state index contributed by atoms with van der Waals surface area (Å²) in [7, 11) is -2.38. The first-order chi connectivity index (χ1) is 15.4. The van der Waals surface area contributed by atoms with Crippen LogP contribution in [0.2, 0.25) is 0 Å². The van der Waals surface area contributed by atoms with Gasteiger partial charge in [0.15, 0.2) is 11.5 Å². The van der Waals surface area contributed by atoms with Crippen LogP contribution in [-0.4, -0.2) is 63.4 Å². The Balaban J connectivity index is 1.33. The molecule has 0 radical (unpaired) electrons. The number of ether oxygens (including phenoxy) is 2. The van der Waals surface area contributed by atoms with Gasteiger partial charge >= 0.3 is 0 Å². The Labute approximate surface area is 190 Å². The van der Waals surface area contributed by atoms with Crippen molar-refractivity contribution < 1.29 is 22.7 Å². The maximum atomic E-state index is 13.0. The van der Waals surface area contributed by atoms with E-state index in [0.717, 1.165) is 30.0 Å². The summed E-state index contributed by atoms with van der Waals surface area (Å²) in [5, 5.41) is 0. The van der Waals surface area contributed by atoms with Crippen molar-refractivity contribution in [2.45, 2.75) is 30.6 Å². The molecule has 0 aromatic heterocycles. The van der Waals surface area contributed by atoms with Gasteiger partial charge in [-0.2, -0.15) is 4.31 Å². The molecule has 0 atom stereocenters. The third-order valence-electron chi connectivity index (χ3n) is 6.12. The number of fused-ring (bicyclic) bond motifs is 1. The number of piperidine rings is 1. The largest absolute Gasteiger partial charge is 0.490 e. The van der Waals surface area contributed by atoms with Crippen LogP contribution in [0.4, 0.5) is 0 Å². The summed E-state index contributed by atoms with van der Waals surface area (Å²) in [6, 6.07) is 15.0. The monoisotopic (exact) mass is 458 g/mol. The van der Waals surface area contributed by atoms with Gasteiger partial charge in [0.05, 0.1) is 24.7 Å². The Kier molecular flexibility index (Phi) is 7.01. The number of sulfonamides is 1. The predicted octanol–water partition coefficient (Wildman–Crippen LogP) is 2.95. The van der Waals surface area contributed by atoms with Gasteiger partial charge in [0.1, 0.15) is 0 Å². The van der Waals surface area contributed by atoms with E-state index >= 15 is 0 Å². The number of carbonyl (C=O) groups excluding carboxylic acids is 1. The van der Waals surface area contributed by atoms with Crippen molar-refractivity contribution in [3.05, 3.63) is 54.1 Å². The highest BCUT2D eigenvalue weighted by atomic mass is 32.2. The van der Waals surface area contributed by atoms with Gasteiger partial charge in [-0.3, -0.25) is 4.79 Å². The van der Waals surface area contributed by atoms with Gasteiger partial charge in [0.25, 0.3) is 0 Å². The van der Waals surface area contributed by atoms with E-state index in [2.05, 4.69) is 12.1 Å². The summed E-state index contributed by atoms with van der Waals surface area (Å²) in [4.78, 5) is 14.7. The second-order valence-corrected chi connectivity index (χ2v) is 10.5. The number of amides is 1. The fourth-order valence-electron chi connectivity index (χ4n) is 4.19. The van der Waals surface area contributed by atoms with E-state index in [-0.39, 0.29) is 17.3 Å². The molecule has 2 aliphatic rings. The summed E-state index contributed by atoms with van der Waals surface area (Å²) in [5.74, 6) is 1.34. The number of hydrogen-bond donors (Lipinski definition) is 0. The second kappa shape index (κ2) is 9.92. The average Bonchev–Trinajstić information content (AvgIpc) is 3.05. The maximum absolute atomic E-state index is 13.0. The highest BCUT2D eigenvalue weighted by molar-refractivity contribution is 7.89. The number of likely N-dealkylation sites (tertiary alicyclic amines) is 1. The SMILES string of the molecule is CN(CC(=O)N1CCC(Cc2ccccc2)CC1)S(=O)(=O)c1ccc2c(c1)OCCCO2. The smallest absolute Gasteiger partial charge is 0.243 e. The van der Waals surface area contributed by atoms with E-state index in [9.17, 15) is 13.2 Å². The van der Waals surface area contributed by atoms with E-state index in [4.69, 9.17) is 9.47 Å². The molecule has 1 amide bonds. The molecule has 1 saturated heterocycles. The molecule has 32 heavy (non-hydrogen) atoms. The zero-order valence-corrected chi connectivity index (χ0v) is 19.2. The van der Waals surface area contributed by atoms with Crippen molar-refractivity contribution in [3.63, 3.8) is 0 Å². The topological polar surface area (TPSA) is 76.2 Å². The Morgan fingerprint density at radius 1 is 1.03 bits per heavy atom. The van der Waals surface area contributed by atoms with Crippen LogP contribution in [0.3, 0.4) is 0 Å². The van der Waals surface area contributed by atoms with E-state index in [1.54, 1.807) is 11.0 Å². The average molecular weight is 459 g/mol. The quantitative estimate of drug-likeness (QED) is 0.665. The molecule has 7 nitrogen and oxygen atoms in total. The van der Waals surface area contributed by atoms with Gasteiger partial charge < -0.3 is 14.4 Å². The minimum atomic E-state index is -3.82. The van der Waals surface area contributed by atoms with Crippen molar-refractivity contribution in [2.75, 3.05) is 39.9 Å². The van der Waals surface area contributed by atoms with Crippen molar-refractivity contribution in [1.29, 1.82) is 0 Å². The second-order valence-electron chi connectivity index (χ2n) is 8.43. The summed E-state index contributed by atoms with van der Waals surface area (Å²) in [6.07, 6.45) is 3.62. The lowest BCUT2D eigenvalue weighted by Gasteiger charge is -2.33. The Morgan fingerprint density at radius 2 is 1.72 bits per heavy atom. The van der Waals surface area contributed by atoms with Crippen LogP contribution >= 0.6 is 0 Å². The number of nitrogens with zero attached hydrogens (tertiary/aromatic N) is 2. The summed E-state index contributed by atoms with van der Waals surface area (Å²) in [6.45, 7) is 2.16. The first-order valence-corrected chi connectivity index (χ1v) is 12.5. The molecule has 2 heterocycles. The molecule has 0 spiro atoms. The maximum Gasteiger partial charge on any atom is 0.243 e. The van der Waals surface area contributed by atoms with Crippen molar-refractivity contribution in [3.8, 4) is 11.5 Å². The van der Waals surface area contributed by atoms with Crippen molar-refractivity contribution in [1.82, 2.24) is 9.21 Å². The fourth-order valence-corrected chi connectivity index (χ4v) is 5.33. The summed E-state index contributed by atoms with van der Waals surface area (Å²) >= 11 is 0. The van der Waals surface area contributed by atoms with Crippen LogP contribution in [0, 0.1) is 5.92 Å². The van der Waals surface area contributed by atoms with E-state index in [1.807, 2.05) is 18.2 Å². The van der Waals surface area contributed by atoms with Crippen LogP contribution in [0.25, 0.3) is 0 Å². The van der Waals surface area contributed by atoms with Crippen molar-refractivity contribution in [2.24, 2.45) is 5.92 Å². The van der Waals surface area contributed by atoms with Gasteiger partial charge in [0.2, 0.25) is 15.9 Å². The van der Waals surface area contributed by atoms with Crippen LogP contribution in [-0.2, 0) is 21.2 Å². The highest BCUT2D eigenvalue weighted by Crippen LogP contribution is 2.32. The van der Waals surface area contributed by atoms with E-state index < -0.39 is 10.0 Å². The number of hydrogen-bond acceptors (Lipinski definition) is 5. The fraction of sp³-hybridized carbons (Fsp3) is 0.458. The zero-order valence-electron chi connectivity index (χ0n) is 18.4. The highest BCUT2D eigenvalue weighted by Gasteiger charge is 2.28. The molecule has 2 aromatic rings. The molecule has 1 fully saturated rings. The normalized spacial score (nSPS) is 17.2. The van der Waals surface area contributed by atoms with E-state index in [0.29, 0.717) is 43.7 Å².